The normalized spacial score (nSPS) is 26.3. The van der Waals surface area contributed by atoms with E-state index in [-0.39, 0.29) is 13.2 Å². The smallest absolute Gasteiger partial charge is 0.186 e. The van der Waals surface area contributed by atoms with E-state index in [1.807, 2.05) is 6.92 Å². The van der Waals surface area contributed by atoms with Gasteiger partial charge < -0.3 is 49.7 Å². The van der Waals surface area contributed by atoms with Crippen molar-refractivity contribution in [1.82, 2.24) is 5.01 Å². The molecule has 186 valence electrons. The van der Waals surface area contributed by atoms with Crippen LogP contribution >= 0.6 is 0 Å². The summed E-state index contributed by atoms with van der Waals surface area (Å²) in [7, 11) is 1.33. The van der Waals surface area contributed by atoms with Crippen molar-refractivity contribution < 1.29 is 39.0 Å². The Bertz CT molecular complexity index is 456. The van der Waals surface area contributed by atoms with Crippen molar-refractivity contribution in [3.8, 4) is 0 Å². The summed E-state index contributed by atoms with van der Waals surface area (Å²) in [6.45, 7) is 9.06. The zero-order valence-electron chi connectivity index (χ0n) is 19.3. The molecular formula is C20H43N3O8. The molecule has 7 N–H and O–H groups in total. The molecule has 0 aromatic rings. The number of aliphatic hydroxyl groups excluding tert-OH is 3. The van der Waals surface area contributed by atoms with Crippen LogP contribution in [0.25, 0.3) is 0 Å². The molecule has 1 saturated heterocycles. The van der Waals surface area contributed by atoms with Crippen LogP contribution in [-0.2, 0) is 23.7 Å². The molecule has 11 nitrogen and oxygen atoms in total. The van der Waals surface area contributed by atoms with E-state index in [4.69, 9.17) is 35.3 Å². The fourth-order valence-corrected chi connectivity index (χ4v) is 2.55. The van der Waals surface area contributed by atoms with Gasteiger partial charge in [0.25, 0.3) is 0 Å². The van der Waals surface area contributed by atoms with Crippen molar-refractivity contribution in [3.63, 3.8) is 0 Å². The molecule has 0 saturated carbocycles. The zero-order valence-corrected chi connectivity index (χ0v) is 19.3. The lowest BCUT2D eigenvalue weighted by atomic mass is 9.99. The van der Waals surface area contributed by atoms with Gasteiger partial charge in [0, 0.05) is 19.9 Å². The Morgan fingerprint density at radius 3 is 2.03 bits per heavy atom. The third-order valence-corrected chi connectivity index (χ3v) is 3.98. The first-order valence-corrected chi connectivity index (χ1v) is 10.7. The highest BCUT2D eigenvalue weighted by atomic mass is 16.7. The van der Waals surface area contributed by atoms with Crippen LogP contribution in [0.4, 0.5) is 0 Å². The van der Waals surface area contributed by atoms with Crippen molar-refractivity contribution in [1.29, 1.82) is 0 Å². The number of methoxy groups -OCH3 is 1. The van der Waals surface area contributed by atoms with E-state index in [0.717, 1.165) is 13.0 Å². The summed E-state index contributed by atoms with van der Waals surface area (Å²) in [4.78, 5) is 0. The fourth-order valence-electron chi connectivity index (χ4n) is 2.55. The highest BCUT2D eigenvalue weighted by Crippen LogP contribution is 2.22. The van der Waals surface area contributed by atoms with Crippen LogP contribution in [0.1, 0.15) is 33.6 Å². The first kappa shape index (κ1) is 30.0. The Balaban J connectivity index is 0.00000282. The van der Waals surface area contributed by atoms with Crippen molar-refractivity contribution in [2.24, 2.45) is 11.6 Å². The van der Waals surface area contributed by atoms with E-state index in [1.54, 1.807) is 0 Å². The molecule has 31 heavy (non-hydrogen) atoms. The number of rotatable bonds is 14. The molecule has 1 fully saturated rings. The molecular weight excluding hydrogens is 410 g/mol. The van der Waals surface area contributed by atoms with Crippen LogP contribution < -0.4 is 11.6 Å². The molecule has 5 atom stereocenters. The Kier molecular flexibility index (Phi) is 17.9. The Morgan fingerprint density at radius 1 is 0.935 bits per heavy atom. The lowest BCUT2D eigenvalue weighted by Crippen LogP contribution is -2.60. The molecule has 1 aliphatic rings. The number of hydrogen-bond donors (Lipinski definition) is 5. The minimum absolute atomic E-state index is 0.0202. The molecule has 0 amide bonds. The van der Waals surface area contributed by atoms with Crippen molar-refractivity contribution in [2.45, 2.75) is 64.3 Å². The van der Waals surface area contributed by atoms with E-state index in [0.29, 0.717) is 32.1 Å². The maximum atomic E-state index is 10.0. The van der Waals surface area contributed by atoms with Crippen LogP contribution in [0.3, 0.4) is 0 Å². The SMILES string of the molecule is CCC.CCCOCCOCCOC/C(N)=C/N(N)CC1OC(OC)C(O)C(O)C1O. The second kappa shape index (κ2) is 18.5. The molecule has 5 unspecified atom stereocenters. The zero-order chi connectivity index (χ0) is 23.6. The molecule has 0 spiro atoms. The van der Waals surface area contributed by atoms with E-state index < -0.39 is 30.7 Å². The quantitative estimate of drug-likeness (QED) is 0.128. The van der Waals surface area contributed by atoms with E-state index in [2.05, 4.69) is 13.8 Å². The highest BCUT2D eigenvalue weighted by molar-refractivity contribution is 4.97. The monoisotopic (exact) mass is 453 g/mol. The molecule has 11 heteroatoms. The Hall–Kier alpha value is -1.02. The topological polar surface area (TPSA) is 162 Å². The molecule has 0 radical (unpaired) electrons. The summed E-state index contributed by atoms with van der Waals surface area (Å²) in [5, 5.41) is 30.8. The average Bonchev–Trinajstić information content (AvgIpc) is 2.73. The first-order valence-electron chi connectivity index (χ1n) is 10.7. The largest absolute Gasteiger partial charge is 0.399 e. The third kappa shape index (κ3) is 13.2. The van der Waals surface area contributed by atoms with Gasteiger partial charge in [0.2, 0.25) is 0 Å². The Labute approximate surface area is 185 Å². The minimum atomic E-state index is -1.41. The van der Waals surface area contributed by atoms with Crippen LogP contribution in [0.15, 0.2) is 11.9 Å². The standard InChI is InChI=1S/C17H35N3O8.C3H8/c1-3-4-25-5-6-26-7-8-27-11-12(18)9-20(19)10-13-14(21)15(22)16(23)17(24-2)28-13;1-3-2/h9,13-17,21-23H,3-8,10-11,18-19H2,1-2H3;3H2,1-2H3/b12-9-;. The van der Waals surface area contributed by atoms with Gasteiger partial charge in [-0.1, -0.05) is 27.2 Å². The maximum Gasteiger partial charge on any atom is 0.186 e. The van der Waals surface area contributed by atoms with Crippen molar-refractivity contribution >= 4 is 0 Å². The van der Waals surface area contributed by atoms with Crippen LogP contribution in [-0.4, -0.2) is 104 Å². The third-order valence-electron chi connectivity index (χ3n) is 3.98. The lowest BCUT2D eigenvalue weighted by molar-refractivity contribution is -0.291. The molecule has 0 bridgehead atoms. The maximum absolute atomic E-state index is 10.0. The lowest BCUT2D eigenvalue weighted by Gasteiger charge is -2.40. The summed E-state index contributed by atoms with van der Waals surface area (Å²) in [5.74, 6) is 5.85. The highest BCUT2D eigenvalue weighted by Gasteiger charge is 2.44. The van der Waals surface area contributed by atoms with Gasteiger partial charge in [0.05, 0.1) is 45.3 Å². The van der Waals surface area contributed by atoms with Crippen LogP contribution in [0.2, 0.25) is 0 Å². The number of ether oxygens (including phenoxy) is 5. The predicted octanol–water partition coefficient (Wildman–Crippen LogP) is -0.708. The van der Waals surface area contributed by atoms with Gasteiger partial charge in [0.1, 0.15) is 24.4 Å². The summed E-state index contributed by atoms with van der Waals surface area (Å²) in [6, 6.07) is 0. The number of aliphatic hydroxyl groups is 3. The van der Waals surface area contributed by atoms with Crippen molar-refractivity contribution in [2.75, 3.05) is 53.3 Å². The summed E-state index contributed by atoms with van der Waals surface area (Å²) in [5.41, 5.74) is 6.21. The van der Waals surface area contributed by atoms with E-state index in [1.165, 1.54) is 24.7 Å². The van der Waals surface area contributed by atoms with Crippen LogP contribution in [0.5, 0.6) is 0 Å². The van der Waals surface area contributed by atoms with Gasteiger partial charge in [-0.2, -0.15) is 0 Å². The molecule has 1 heterocycles. The van der Waals surface area contributed by atoms with Gasteiger partial charge in [-0.05, 0) is 6.42 Å². The summed E-state index contributed by atoms with van der Waals surface area (Å²) < 4.78 is 26.4. The fraction of sp³-hybridized carbons (Fsp3) is 0.900. The van der Waals surface area contributed by atoms with Gasteiger partial charge in [-0.25, -0.2) is 5.84 Å². The van der Waals surface area contributed by atoms with Crippen LogP contribution in [0, 0.1) is 0 Å². The first-order chi connectivity index (χ1) is 14.8. The molecule has 0 aliphatic carbocycles. The second-order valence-electron chi connectivity index (χ2n) is 7.14. The van der Waals surface area contributed by atoms with Gasteiger partial charge in [-0.15, -0.1) is 0 Å². The van der Waals surface area contributed by atoms with E-state index >= 15 is 0 Å². The van der Waals surface area contributed by atoms with Gasteiger partial charge in [0.15, 0.2) is 6.29 Å². The van der Waals surface area contributed by atoms with Gasteiger partial charge >= 0.3 is 0 Å². The Morgan fingerprint density at radius 2 is 1.48 bits per heavy atom. The molecule has 1 aliphatic heterocycles. The average molecular weight is 454 g/mol. The van der Waals surface area contributed by atoms with Gasteiger partial charge in [-0.3, -0.25) is 0 Å². The number of hydrazine groups is 1. The molecule has 1 rings (SSSR count). The van der Waals surface area contributed by atoms with Crippen molar-refractivity contribution in [3.05, 3.63) is 11.9 Å². The number of nitrogens with two attached hydrogens (primary N) is 2. The summed E-state index contributed by atoms with van der Waals surface area (Å²) >= 11 is 0. The number of nitrogens with zero attached hydrogens (tertiary/aromatic N) is 1. The molecule has 0 aromatic heterocycles. The molecule has 0 aromatic carbocycles. The minimum Gasteiger partial charge on any atom is -0.399 e. The summed E-state index contributed by atoms with van der Waals surface area (Å²) in [6.07, 6.45) is -2.35. The second-order valence-corrected chi connectivity index (χ2v) is 7.14. The predicted molar refractivity (Wildman–Crippen MR) is 116 cm³/mol. The number of hydrogen-bond acceptors (Lipinski definition) is 11. The van der Waals surface area contributed by atoms with E-state index in [9.17, 15) is 15.3 Å².